The van der Waals surface area contributed by atoms with Gasteiger partial charge in [0.1, 0.15) is 6.04 Å². The number of hydrogen-bond acceptors (Lipinski definition) is 8. The van der Waals surface area contributed by atoms with E-state index in [4.69, 9.17) is 5.73 Å². The van der Waals surface area contributed by atoms with Crippen LogP contribution < -0.4 is 11.1 Å². The summed E-state index contributed by atoms with van der Waals surface area (Å²) in [6.07, 6.45) is 0. The molecule has 1 aromatic heterocycles. The Bertz CT molecular complexity index is 609. The van der Waals surface area contributed by atoms with Gasteiger partial charge in [-0.15, -0.1) is 10.2 Å². The molecule has 0 bridgehead atoms. The van der Waals surface area contributed by atoms with E-state index in [-0.39, 0.29) is 9.47 Å². The number of sulfonamides is 1. The Morgan fingerprint density at radius 2 is 2.11 bits per heavy atom. The number of amides is 2. The molecule has 1 aliphatic heterocycles. The van der Waals surface area contributed by atoms with E-state index in [1.807, 2.05) is 5.32 Å². The van der Waals surface area contributed by atoms with E-state index in [0.717, 1.165) is 4.31 Å². The topological polar surface area (TPSA) is 135 Å². The molecule has 0 aliphatic carbocycles. The minimum atomic E-state index is -4.04. The number of carbonyl (C=O) groups is 2. The van der Waals surface area contributed by atoms with Crippen molar-refractivity contribution in [3.05, 3.63) is 0 Å². The number of rotatable bonds is 2. The third-order valence-electron chi connectivity index (χ3n) is 2.32. The number of nitrogens with one attached hydrogen (secondary N) is 1. The molecule has 11 heteroatoms. The zero-order valence-electron chi connectivity index (χ0n) is 9.15. The van der Waals surface area contributed by atoms with Crippen LogP contribution in [0.25, 0.3) is 0 Å². The van der Waals surface area contributed by atoms with Gasteiger partial charge in [0, 0.05) is 0 Å². The maximum absolute atomic E-state index is 12.1. The Balaban J connectivity index is 2.40. The summed E-state index contributed by atoms with van der Waals surface area (Å²) in [5, 5.41) is 8.85. The van der Waals surface area contributed by atoms with Gasteiger partial charge in [-0.25, -0.2) is 8.42 Å². The molecule has 18 heavy (non-hydrogen) atoms. The molecule has 1 saturated heterocycles. The molecule has 9 nitrogen and oxygen atoms in total. The van der Waals surface area contributed by atoms with Crippen LogP contribution in [0.4, 0.5) is 5.13 Å². The molecule has 2 rings (SSSR count). The van der Waals surface area contributed by atoms with Gasteiger partial charge < -0.3 is 5.73 Å². The number of hydrogen-bond donors (Lipinski definition) is 2. The lowest BCUT2D eigenvalue weighted by molar-refractivity contribution is -0.136. The van der Waals surface area contributed by atoms with Gasteiger partial charge in [0.05, 0.1) is 6.54 Å². The highest BCUT2D eigenvalue weighted by Crippen LogP contribution is 2.23. The van der Waals surface area contributed by atoms with E-state index in [2.05, 4.69) is 10.2 Å². The van der Waals surface area contributed by atoms with Crippen molar-refractivity contribution in [2.45, 2.75) is 17.3 Å². The molecule has 0 spiro atoms. The third kappa shape index (κ3) is 2.07. The minimum absolute atomic E-state index is 0.00554. The van der Waals surface area contributed by atoms with Gasteiger partial charge in [0.25, 0.3) is 10.0 Å². The number of aromatic nitrogens is 2. The molecular formula is C7H9N5O4S2. The van der Waals surface area contributed by atoms with Crippen LogP contribution in [0.1, 0.15) is 6.92 Å². The summed E-state index contributed by atoms with van der Waals surface area (Å²) < 4.78 is 24.7. The van der Waals surface area contributed by atoms with Gasteiger partial charge in [0.2, 0.25) is 21.3 Å². The van der Waals surface area contributed by atoms with Gasteiger partial charge in [-0.1, -0.05) is 11.3 Å². The maximum atomic E-state index is 12.1. The fraction of sp³-hybridized carbons (Fsp3) is 0.429. The molecule has 2 heterocycles. The van der Waals surface area contributed by atoms with Crippen molar-refractivity contribution in [3.8, 4) is 0 Å². The van der Waals surface area contributed by atoms with Crippen LogP contribution in [0.2, 0.25) is 0 Å². The largest absolute Gasteiger partial charge is 0.374 e. The molecule has 1 atom stereocenters. The van der Waals surface area contributed by atoms with Crippen LogP contribution in [0.3, 0.4) is 0 Å². The number of nitrogen functional groups attached to an aromatic ring is 1. The molecule has 1 aliphatic rings. The highest BCUT2D eigenvalue weighted by Gasteiger charge is 2.40. The van der Waals surface area contributed by atoms with E-state index in [9.17, 15) is 18.0 Å². The first-order chi connectivity index (χ1) is 8.32. The Morgan fingerprint density at radius 1 is 1.44 bits per heavy atom. The normalized spacial score (nSPS) is 21.9. The van der Waals surface area contributed by atoms with Gasteiger partial charge in [-0.2, -0.15) is 4.31 Å². The Morgan fingerprint density at radius 3 is 2.67 bits per heavy atom. The first-order valence-electron chi connectivity index (χ1n) is 4.77. The summed E-state index contributed by atoms with van der Waals surface area (Å²) in [6.45, 7) is 0.943. The molecule has 1 fully saturated rings. The van der Waals surface area contributed by atoms with E-state index >= 15 is 0 Å². The fourth-order valence-corrected chi connectivity index (χ4v) is 3.86. The summed E-state index contributed by atoms with van der Waals surface area (Å²) >= 11 is 0.676. The average Bonchev–Trinajstić information content (AvgIpc) is 2.70. The summed E-state index contributed by atoms with van der Waals surface area (Å²) in [5.41, 5.74) is 5.31. The van der Waals surface area contributed by atoms with Crippen LogP contribution in [-0.2, 0) is 19.6 Å². The smallest absolute Gasteiger partial charge is 0.273 e. The SMILES string of the molecule is CC1C(=O)NC(=O)CN1S(=O)(=O)c1nnc(N)s1. The molecular weight excluding hydrogens is 282 g/mol. The molecule has 1 unspecified atom stereocenters. The van der Waals surface area contributed by atoms with E-state index < -0.39 is 34.4 Å². The standard InChI is InChI=1S/C7H9N5O4S2/c1-3-5(14)9-4(13)2-12(3)18(15,16)7-11-10-6(8)17-7/h3H,2H2,1H3,(H2,8,10)(H,9,13,14). The van der Waals surface area contributed by atoms with E-state index in [0.29, 0.717) is 11.3 Å². The lowest BCUT2D eigenvalue weighted by atomic mass is 10.2. The first kappa shape index (κ1) is 12.9. The Kier molecular flexibility index (Phi) is 3.04. The van der Waals surface area contributed by atoms with Crippen LogP contribution in [-0.4, -0.2) is 47.3 Å². The summed E-state index contributed by atoms with van der Waals surface area (Å²) in [7, 11) is -4.04. The maximum Gasteiger partial charge on any atom is 0.273 e. The zero-order chi connectivity index (χ0) is 13.5. The number of imide groups is 1. The van der Waals surface area contributed by atoms with Gasteiger partial charge in [0.15, 0.2) is 0 Å². The fourth-order valence-electron chi connectivity index (χ4n) is 1.41. The minimum Gasteiger partial charge on any atom is -0.374 e. The third-order valence-corrected chi connectivity index (χ3v) is 5.34. The highest BCUT2D eigenvalue weighted by atomic mass is 32.2. The van der Waals surface area contributed by atoms with Crippen molar-refractivity contribution in [2.75, 3.05) is 12.3 Å². The summed E-state index contributed by atoms with van der Waals surface area (Å²) in [4.78, 5) is 22.6. The number of nitrogens with zero attached hydrogens (tertiary/aromatic N) is 3. The quantitative estimate of drug-likeness (QED) is 0.611. The predicted octanol–water partition coefficient (Wildman–Crippen LogP) is -1.84. The van der Waals surface area contributed by atoms with Gasteiger partial charge >= 0.3 is 0 Å². The monoisotopic (exact) mass is 291 g/mol. The lowest BCUT2D eigenvalue weighted by Gasteiger charge is -2.29. The number of piperazine rings is 1. The number of carbonyl (C=O) groups excluding carboxylic acids is 2. The van der Waals surface area contributed by atoms with Crippen molar-refractivity contribution in [1.29, 1.82) is 0 Å². The number of anilines is 1. The lowest BCUT2D eigenvalue weighted by Crippen LogP contribution is -2.58. The van der Waals surface area contributed by atoms with Gasteiger partial charge in [-0.05, 0) is 6.92 Å². The molecule has 0 aromatic carbocycles. The second kappa shape index (κ2) is 4.26. The molecule has 1 aromatic rings. The Hall–Kier alpha value is -1.59. The van der Waals surface area contributed by atoms with Crippen molar-refractivity contribution in [3.63, 3.8) is 0 Å². The van der Waals surface area contributed by atoms with E-state index in [1.165, 1.54) is 6.92 Å². The summed E-state index contributed by atoms with van der Waals surface area (Å²) in [6, 6.07) is -0.988. The average molecular weight is 291 g/mol. The first-order valence-corrected chi connectivity index (χ1v) is 7.02. The van der Waals surface area contributed by atoms with Crippen LogP contribution >= 0.6 is 11.3 Å². The van der Waals surface area contributed by atoms with E-state index in [1.54, 1.807) is 0 Å². The second-order valence-electron chi connectivity index (χ2n) is 3.54. The molecule has 0 saturated carbocycles. The summed E-state index contributed by atoms with van der Waals surface area (Å²) in [5.74, 6) is -1.36. The second-order valence-corrected chi connectivity index (χ2v) is 6.62. The van der Waals surface area contributed by atoms with Crippen molar-refractivity contribution in [2.24, 2.45) is 0 Å². The van der Waals surface area contributed by atoms with Crippen molar-refractivity contribution >= 4 is 38.3 Å². The Labute approximate surface area is 106 Å². The van der Waals surface area contributed by atoms with Crippen molar-refractivity contribution in [1.82, 2.24) is 19.8 Å². The molecule has 2 amide bonds. The molecule has 98 valence electrons. The van der Waals surface area contributed by atoms with Crippen LogP contribution in [0.5, 0.6) is 0 Å². The molecule has 3 N–H and O–H groups in total. The molecule has 0 radical (unpaired) electrons. The van der Waals surface area contributed by atoms with Crippen molar-refractivity contribution < 1.29 is 18.0 Å². The van der Waals surface area contributed by atoms with Crippen LogP contribution in [0, 0.1) is 0 Å². The highest BCUT2D eigenvalue weighted by molar-refractivity contribution is 7.91. The zero-order valence-corrected chi connectivity index (χ0v) is 10.8. The predicted molar refractivity (Wildman–Crippen MR) is 60.8 cm³/mol. The van der Waals surface area contributed by atoms with Crippen LogP contribution in [0.15, 0.2) is 4.34 Å². The number of nitrogens with two attached hydrogens (primary N) is 1. The van der Waals surface area contributed by atoms with Gasteiger partial charge in [-0.3, -0.25) is 14.9 Å².